The number of benzene rings is 3. The molecule has 0 aliphatic rings. The Kier molecular flexibility index (Phi) is 7.60. The number of nitrogens with zero attached hydrogens (tertiary/aromatic N) is 1. The fraction of sp³-hybridized carbons (Fsp3) is 0.179. The molecular formula is C28H27N3O2S. The zero-order valence-electron chi connectivity index (χ0n) is 19.3. The highest BCUT2D eigenvalue weighted by Crippen LogP contribution is 2.28. The molecule has 0 aliphatic heterocycles. The maximum absolute atomic E-state index is 12.7. The molecule has 0 saturated heterocycles. The van der Waals surface area contributed by atoms with Gasteiger partial charge in [0.05, 0.1) is 11.3 Å². The van der Waals surface area contributed by atoms with Crippen LogP contribution in [0.5, 0.6) is 0 Å². The van der Waals surface area contributed by atoms with Gasteiger partial charge in [0.15, 0.2) is 0 Å². The molecule has 6 heteroatoms. The van der Waals surface area contributed by atoms with Crippen LogP contribution < -0.4 is 10.6 Å². The van der Waals surface area contributed by atoms with Gasteiger partial charge in [-0.1, -0.05) is 73.3 Å². The number of anilines is 2. The molecule has 1 aromatic heterocycles. The van der Waals surface area contributed by atoms with E-state index in [1.807, 2.05) is 55.5 Å². The normalized spacial score (nSPS) is 10.8. The Hall–Kier alpha value is -3.64. The molecule has 0 fully saturated rings. The van der Waals surface area contributed by atoms with Crippen LogP contribution in [-0.2, 0) is 16.0 Å². The average molecular weight is 470 g/mol. The van der Waals surface area contributed by atoms with Gasteiger partial charge in [-0.05, 0) is 47.9 Å². The van der Waals surface area contributed by atoms with Crippen molar-refractivity contribution in [3.63, 3.8) is 0 Å². The molecule has 4 rings (SSSR count). The lowest BCUT2D eigenvalue weighted by molar-refractivity contribution is -0.116. The highest BCUT2D eigenvalue weighted by Gasteiger charge is 2.12. The first-order chi connectivity index (χ1) is 16.5. The molecule has 0 radical (unpaired) electrons. The topological polar surface area (TPSA) is 71.1 Å². The molecule has 34 heavy (non-hydrogen) atoms. The Bertz CT molecular complexity index is 1320. The maximum atomic E-state index is 12.7. The minimum Gasteiger partial charge on any atom is -0.326 e. The number of carbonyl (C=O) groups is 2. The molecule has 2 N–H and O–H groups in total. The summed E-state index contributed by atoms with van der Waals surface area (Å²) in [4.78, 5) is 29.4. The van der Waals surface area contributed by atoms with Crippen molar-refractivity contribution in [1.29, 1.82) is 0 Å². The van der Waals surface area contributed by atoms with E-state index in [-0.39, 0.29) is 17.6 Å². The van der Waals surface area contributed by atoms with Gasteiger partial charge < -0.3 is 10.6 Å². The monoisotopic (exact) mass is 469 g/mol. The van der Waals surface area contributed by atoms with E-state index in [0.717, 1.165) is 33.5 Å². The Morgan fingerprint density at radius 1 is 0.882 bits per heavy atom. The number of carbonyl (C=O) groups excluding carboxylic acids is 2. The molecular weight excluding hydrogens is 442 g/mol. The molecule has 0 unspecified atom stereocenters. The lowest BCUT2D eigenvalue weighted by Gasteiger charge is -2.12. The number of pyridine rings is 1. The smallest absolute Gasteiger partial charge is 0.234 e. The number of aryl methyl sites for hydroxylation is 1. The first-order valence-electron chi connectivity index (χ1n) is 11.3. The first-order valence-corrected chi connectivity index (χ1v) is 12.3. The molecule has 5 nitrogen and oxygen atoms in total. The van der Waals surface area contributed by atoms with Crippen molar-refractivity contribution < 1.29 is 9.59 Å². The van der Waals surface area contributed by atoms with Crippen molar-refractivity contribution >= 4 is 45.9 Å². The highest BCUT2D eigenvalue weighted by atomic mass is 32.2. The van der Waals surface area contributed by atoms with Crippen LogP contribution >= 0.6 is 11.8 Å². The van der Waals surface area contributed by atoms with Gasteiger partial charge >= 0.3 is 0 Å². The Labute approximate surface area is 204 Å². The van der Waals surface area contributed by atoms with E-state index in [1.54, 1.807) is 13.0 Å². The van der Waals surface area contributed by atoms with Gasteiger partial charge in [0.2, 0.25) is 11.8 Å². The zero-order valence-corrected chi connectivity index (χ0v) is 20.1. The molecule has 1 heterocycles. The zero-order chi connectivity index (χ0) is 23.9. The second-order valence-electron chi connectivity index (χ2n) is 8.08. The predicted octanol–water partition coefficient (Wildman–Crippen LogP) is 6.21. The van der Waals surface area contributed by atoms with Gasteiger partial charge in [-0.3, -0.25) is 9.59 Å². The number of rotatable bonds is 8. The number of aromatic nitrogens is 1. The number of nitrogens with one attached hydrogen (secondary N) is 2. The number of hydrogen-bond donors (Lipinski definition) is 2. The predicted molar refractivity (Wildman–Crippen MR) is 140 cm³/mol. The van der Waals surface area contributed by atoms with E-state index in [1.165, 1.54) is 17.3 Å². The van der Waals surface area contributed by atoms with E-state index in [0.29, 0.717) is 17.8 Å². The molecule has 2 amide bonds. The van der Waals surface area contributed by atoms with Crippen molar-refractivity contribution in [3.05, 3.63) is 95.6 Å². The lowest BCUT2D eigenvalue weighted by Crippen LogP contribution is -2.15. The van der Waals surface area contributed by atoms with E-state index in [2.05, 4.69) is 34.9 Å². The lowest BCUT2D eigenvalue weighted by atomic mass is 10.0. The largest absolute Gasteiger partial charge is 0.326 e. The number of amides is 2. The van der Waals surface area contributed by atoms with E-state index in [9.17, 15) is 9.59 Å². The SMILES string of the molecule is CCC(=O)Nc1cc(NC(=O)CSc2nc3ccccc3cc2Cc2ccccc2)ccc1C. The second-order valence-corrected chi connectivity index (χ2v) is 9.04. The Morgan fingerprint density at radius 3 is 2.44 bits per heavy atom. The summed E-state index contributed by atoms with van der Waals surface area (Å²) in [6.07, 6.45) is 1.15. The third-order valence-electron chi connectivity index (χ3n) is 5.46. The van der Waals surface area contributed by atoms with Gasteiger partial charge in [0.25, 0.3) is 0 Å². The summed E-state index contributed by atoms with van der Waals surface area (Å²) < 4.78 is 0. The van der Waals surface area contributed by atoms with Crippen LogP contribution in [0, 0.1) is 6.92 Å². The van der Waals surface area contributed by atoms with Crippen LogP contribution in [0.25, 0.3) is 10.9 Å². The molecule has 0 atom stereocenters. The summed E-state index contributed by atoms with van der Waals surface area (Å²) in [6.45, 7) is 3.73. The highest BCUT2D eigenvalue weighted by molar-refractivity contribution is 8.00. The summed E-state index contributed by atoms with van der Waals surface area (Å²) in [7, 11) is 0. The van der Waals surface area contributed by atoms with Crippen molar-refractivity contribution in [3.8, 4) is 0 Å². The van der Waals surface area contributed by atoms with Crippen molar-refractivity contribution in [2.45, 2.75) is 31.7 Å². The van der Waals surface area contributed by atoms with Crippen molar-refractivity contribution in [2.24, 2.45) is 0 Å². The van der Waals surface area contributed by atoms with E-state index in [4.69, 9.17) is 4.98 Å². The average Bonchev–Trinajstić information content (AvgIpc) is 2.85. The van der Waals surface area contributed by atoms with E-state index < -0.39 is 0 Å². The summed E-state index contributed by atoms with van der Waals surface area (Å²) in [5.41, 5.74) is 5.52. The minimum atomic E-state index is -0.123. The van der Waals surface area contributed by atoms with Crippen LogP contribution in [-0.4, -0.2) is 22.6 Å². The fourth-order valence-corrected chi connectivity index (χ4v) is 4.43. The van der Waals surface area contributed by atoms with Crippen LogP contribution in [0.4, 0.5) is 11.4 Å². The summed E-state index contributed by atoms with van der Waals surface area (Å²) in [5.74, 6) is 0.0511. The summed E-state index contributed by atoms with van der Waals surface area (Å²) in [6, 6.07) is 26.0. The number of para-hydroxylation sites is 1. The van der Waals surface area contributed by atoms with Gasteiger partial charge in [0.1, 0.15) is 5.03 Å². The fourth-order valence-electron chi connectivity index (χ4n) is 3.61. The molecule has 0 bridgehead atoms. The minimum absolute atomic E-state index is 0.0598. The standard InChI is InChI=1S/C28H27N3O2S/c1-3-26(32)30-25-17-23(14-13-19(25)2)29-27(33)18-34-28-22(15-20-9-5-4-6-10-20)16-21-11-7-8-12-24(21)31-28/h4-14,16-17H,3,15,18H2,1-2H3,(H,29,33)(H,30,32). The first kappa shape index (κ1) is 23.5. The molecule has 4 aromatic rings. The Morgan fingerprint density at radius 2 is 1.65 bits per heavy atom. The third-order valence-corrected chi connectivity index (χ3v) is 6.49. The molecule has 0 spiro atoms. The molecule has 172 valence electrons. The van der Waals surface area contributed by atoms with Gasteiger partial charge in [-0.15, -0.1) is 0 Å². The molecule has 0 saturated carbocycles. The van der Waals surface area contributed by atoms with Crippen LogP contribution in [0.15, 0.2) is 83.9 Å². The summed E-state index contributed by atoms with van der Waals surface area (Å²) in [5, 5.41) is 7.76. The second kappa shape index (κ2) is 11.0. The van der Waals surface area contributed by atoms with Crippen LogP contribution in [0.2, 0.25) is 0 Å². The quantitative estimate of drug-likeness (QED) is 0.301. The maximum Gasteiger partial charge on any atom is 0.234 e. The summed E-state index contributed by atoms with van der Waals surface area (Å²) >= 11 is 1.44. The van der Waals surface area contributed by atoms with Crippen LogP contribution in [0.3, 0.4) is 0 Å². The number of thioether (sulfide) groups is 1. The molecule has 3 aromatic carbocycles. The Balaban J connectivity index is 1.49. The van der Waals surface area contributed by atoms with Crippen molar-refractivity contribution in [1.82, 2.24) is 4.98 Å². The third kappa shape index (κ3) is 6.02. The number of hydrogen-bond acceptors (Lipinski definition) is 4. The molecule has 0 aliphatic carbocycles. The van der Waals surface area contributed by atoms with Crippen molar-refractivity contribution in [2.75, 3.05) is 16.4 Å². The number of fused-ring (bicyclic) bond motifs is 1. The van der Waals surface area contributed by atoms with E-state index >= 15 is 0 Å². The van der Waals surface area contributed by atoms with Gasteiger partial charge in [-0.25, -0.2) is 4.98 Å². The van der Waals surface area contributed by atoms with Gasteiger partial charge in [-0.2, -0.15) is 0 Å². The van der Waals surface area contributed by atoms with Gasteiger partial charge in [0, 0.05) is 29.6 Å². The van der Waals surface area contributed by atoms with Crippen LogP contribution in [0.1, 0.15) is 30.0 Å².